The fraction of sp³-hybridized carbons (Fsp3) is 0.778. The molecule has 6 nitrogen and oxygen atoms in total. The van der Waals surface area contributed by atoms with Crippen LogP contribution in [0, 0.1) is 0 Å². The van der Waals surface area contributed by atoms with Gasteiger partial charge < -0.3 is 11.1 Å². The lowest BCUT2D eigenvalue weighted by Crippen LogP contribution is -2.49. The lowest BCUT2D eigenvalue weighted by Gasteiger charge is -2.18. The predicted octanol–water partition coefficient (Wildman–Crippen LogP) is -0.683. The molecule has 16 heavy (non-hydrogen) atoms. The Morgan fingerprint density at radius 3 is 2.38 bits per heavy atom. The molecular weight excluding hydrogens is 230 g/mol. The summed E-state index contributed by atoms with van der Waals surface area (Å²) >= 11 is 0. The number of primary amides is 1. The number of amides is 3. The Morgan fingerprint density at radius 1 is 1.38 bits per heavy atom. The van der Waals surface area contributed by atoms with Crippen molar-refractivity contribution >= 4 is 22.7 Å². The lowest BCUT2D eigenvalue weighted by molar-refractivity contribution is -0.121. The molecule has 0 aromatic carbocycles. The molecule has 0 aliphatic rings. The zero-order valence-electron chi connectivity index (χ0n) is 9.78. The number of carbonyl (C=O) groups excluding carboxylic acids is 2. The lowest BCUT2D eigenvalue weighted by atomic mass is 10.2. The molecule has 0 bridgehead atoms. The Kier molecular flexibility index (Phi) is 6.91. The number of hydrogen-bond donors (Lipinski definition) is 3. The number of imide groups is 1. The summed E-state index contributed by atoms with van der Waals surface area (Å²) in [4.78, 5) is 21.7. The van der Waals surface area contributed by atoms with Crippen LogP contribution in [-0.4, -0.2) is 40.2 Å². The van der Waals surface area contributed by atoms with Gasteiger partial charge in [0.05, 0.1) is 6.04 Å². The fourth-order valence-corrected chi connectivity index (χ4v) is 1.84. The third-order valence-electron chi connectivity index (χ3n) is 2.01. The van der Waals surface area contributed by atoms with Crippen LogP contribution in [-0.2, 0) is 15.6 Å². The van der Waals surface area contributed by atoms with Gasteiger partial charge in [0.25, 0.3) is 0 Å². The van der Waals surface area contributed by atoms with E-state index in [0.29, 0.717) is 12.2 Å². The van der Waals surface area contributed by atoms with Gasteiger partial charge in [0, 0.05) is 28.9 Å². The molecule has 0 saturated carbocycles. The minimum absolute atomic E-state index is 0.0533. The van der Waals surface area contributed by atoms with E-state index in [0.717, 1.165) is 0 Å². The van der Waals surface area contributed by atoms with Crippen LogP contribution >= 0.6 is 0 Å². The SMILES string of the molecule is CC(CCS(C)=O)NC(C)C(=O)NC(N)=O. The van der Waals surface area contributed by atoms with Gasteiger partial charge in [0.1, 0.15) is 0 Å². The topological polar surface area (TPSA) is 101 Å². The van der Waals surface area contributed by atoms with Gasteiger partial charge in [-0.1, -0.05) is 0 Å². The van der Waals surface area contributed by atoms with Crippen molar-refractivity contribution in [3.8, 4) is 0 Å². The van der Waals surface area contributed by atoms with Gasteiger partial charge in [0.2, 0.25) is 5.91 Å². The van der Waals surface area contributed by atoms with E-state index in [1.807, 2.05) is 12.2 Å². The summed E-state index contributed by atoms with van der Waals surface area (Å²) in [6.07, 6.45) is 2.34. The van der Waals surface area contributed by atoms with Crippen molar-refractivity contribution in [2.45, 2.75) is 32.4 Å². The maximum atomic E-state index is 11.3. The number of nitrogens with one attached hydrogen (secondary N) is 2. The van der Waals surface area contributed by atoms with Crippen LogP contribution < -0.4 is 16.4 Å². The third-order valence-corrected chi connectivity index (χ3v) is 2.82. The molecule has 3 unspecified atom stereocenters. The third kappa shape index (κ3) is 7.36. The molecule has 0 aromatic heterocycles. The highest BCUT2D eigenvalue weighted by molar-refractivity contribution is 7.84. The van der Waals surface area contributed by atoms with Crippen molar-refractivity contribution in [1.82, 2.24) is 10.6 Å². The average molecular weight is 249 g/mol. The second kappa shape index (κ2) is 7.34. The van der Waals surface area contributed by atoms with E-state index in [9.17, 15) is 13.8 Å². The summed E-state index contributed by atoms with van der Waals surface area (Å²) in [7, 11) is -0.835. The Hall–Kier alpha value is -0.950. The molecule has 4 N–H and O–H groups in total. The van der Waals surface area contributed by atoms with Crippen LogP contribution in [0.15, 0.2) is 0 Å². The molecule has 0 fully saturated rings. The van der Waals surface area contributed by atoms with Gasteiger partial charge in [-0.05, 0) is 20.3 Å². The summed E-state index contributed by atoms with van der Waals surface area (Å²) in [5.74, 6) is 0.121. The van der Waals surface area contributed by atoms with Crippen molar-refractivity contribution in [1.29, 1.82) is 0 Å². The van der Waals surface area contributed by atoms with Crippen molar-refractivity contribution in [2.75, 3.05) is 12.0 Å². The van der Waals surface area contributed by atoms with E-state index >= 15 is 0 Å². The molecule has 7 heteroatoms. The fourth-order valence-electron chi connectivity index (χ4n) is 1.16. The van der Waals surface area contributed by atoms with Crippen molar-refractivity contribution < 1.29 is 13.8 Å². The zero-order valence-corrected chi connectivity index (χ0v) is 10.6. The minimum atomic E-state index is -0.860. The summed E-state index contributed by atoms with van der Waals surface area (Å²) in [5, 5.41) is 4.98. The largest absolute Gasteiger partial charge is 0.351 e. The van der Waals surface area contributed by atoms with Gasteiger partial charge in [-0.3, -0.25) is 14.3 Å². The number of hydrogen-bond acceptors (Lipinski definition) is 4. The highest BCUT2D eigenvalue weighted by Gasteiger charge is 2.16. The van der Waals surface area contributed by atoms with E-state index in [1.165, 1.54) is 0 Å². The molecule has 0 saturated heterocycles. The van der Waals surface area contributed by atoms with Crippen LogP contribution in [0.25, 0.3) is 0 Å². The number of rotatable bonds is 6. The average Bonchev–Trinajstić information content (AvgIpc) is 2.13. The van der Waals surface area contributed by atoms with E-state index in [1.54, 1.807) is 13.2 Å². The normalized spacial score (nSPS) is 16.2. The molecule has 0 aliphatic heterocycles. The van der Waals surface area contributed by atoms with Crippen LogP contribution in [0.3, 0.4) is 0 Å². The van der Waals surface area contributed by atoms with Crippen LogP contribution in [0.4, 0.5) is 4.79 Å². The smallest absolute Gasteiger partial charge is 0.318 e. The summed E-state index contributed by atoms with van der Waals surface area (Å²) in [5.41, 5.74) is 4.82. The van der Waals surface area contributed by atoms with Crippen molar-refractivity contribution in [3.05, 3.63) is 0 Å². The minimum Gasteiger partial charge on any atom is -0.351 e. The van der Waals surface area contributed by atoms with Crippen molar-refractivity contribution in [3.63, 3.8) is 0 Å². The van der Waals surface area contributed by atoms with Gasteiger partial charge in [-0.15, -0.1) is 0 Å². The van der Waals surface area contributed by atoms with E-state index in [-0.39, 0.29) is 6.04 Å². The molecule has 0 rings (SSSR count). The molecule has 0 heterocycles. The first-order chi connectivity index (χ1) is 7.32. The Bertz CT molecular complexity index is 283. The van der Waals surface area contributed by atoms with Crippen molar-refractivity contribution in [2.24, 2.45) is 5.73 Å². The van der Waals surface area contributed by atoms with Gasteiger partial charge in [-0.25, -0.2) is 4.79 Å². The Morgan fingerprint density at radius 2 is 1.94 bits per heavy atom. The molecule has 0 spiro atoms. The van der Waals surface area contributed by atoms with E-state index in [4.69, 9.17) is 5.73 Å². The molecule has 94 valence electrons. The quantitative estimate of drug-likeness (QED) is 0.580. The summed E-state index contributed by atoms with van der Waals surface area (Å²) < 4.78 is 10.9. The molecular formula is C9H19N3O3S. The maximum Gasteiger partial charge on any atom is 0.318 e. The number of nitrogens with two attached hydrogens (primary N) is 1. The summed E-state index contributed by atoms with van der Waals surface area (Å²) in [6.45, 7) is 3.53. The van der Waals surface area contributed by atoms with Crippen LogP contribution in [0.1, 0.15) is 20.3 Å². The van der Waals surface area contributed by atoms with E-state index in [2.05, 4.69) is 5.32 Å². The maximum absolute atomic E-state index is 11.3. The van der Waals surface area contributed by atoms with Crippen LogP contribution in [0.5, 0.6) is 0 Å². The molecule has 0 radical (unpaired) electrons. The Balaban J connectivity index is 3.93. The molecule has 3 amide bonds. The van der Waals surface area contributed by atoms with Gasteiger partial charge in [0.15, 0.2) is 0 Å². The molecule has 0 aromatic rings. The highest BCUT2D eigenvalue weighted by atomic mass is 32.2. The first kappa shape index (κ1) is 15.0. The Labute approximate surface area is 97.8 Å². The first-order valence-electron chi connectivity index (χ1n) is 4.99. The highest BCUT2D eigenvalue weighted by Crippen LogP contribution is 1.95. The standard InChI is InChI=1S/C9H19N3O3S/c1-6(4-5-16(3)15)11-7(2)8(13)12-9(10)14/h6-7,11H,4-5H2,1-3H3,(H3,10,12,13,14). The monoisotopic (exact) mass is 249 g/mol. The first-order valence-corrected chi connectivity index (χ1v) is 6.72. The molecule has 0 aliphatic carbocycles. The zero-order chi connectivity index (χ0) is 12.7. The second-order valence-electron chi connectivity index (χ2n) is 3.71. The summed E-state index contributed by atoms with van der Waals surface area (Å²) in [6, 6.07) is -1.31. The number of urea groups is 1. The van der Waals surface area contributed by atoms with Crippen LogP contribution in [0.2, 0.25) is 0 Å². The van der Waals surface area contributed by atoms with Gasteiger partial charge >= 0.3 is 6.03 Å². The van der Waals surface area contributed by atoms with E-state index < -0.39 is 28.8 Å². The predicted molar refractivity (Wildman–Crippen MR) is 63.3 cm³/mol. The molecule has 3 atom stereocenters. The second-order valence-corrected chi connectivity index (χ2v) is 5.26. The number of carbonyl (C=O) groups is 2. The van der Waals surface area contributed by atoms with Gasteiger partial charge in [-0.2, -0.15) is 0 Å².